The van der Waals surface area contributed by atoms with Gasteiger partial charge in [-0.3, -0.25) is 14.5 Å². The van der Waals surface area contributed by atoms with Crippen LogP contribution in [0.15, 0.2) is 24.3 Å². The van der Waals surface area contributed by atoms with Gasteiger partial charge in [-0.15, -0.1) is 0 Å². The van der Waals surface area contributed by atoms with Gasteiger partial charge in [0.1, 0.15) is 0 Å². The van der Waals surface area contributed by atoms with Crippen LogP contribution in [-0.4, -0.2) is 55.5 Å². The zero-order valence-corrected chi connectivity index (χ0v) is 14.3. The van der Waals surface area contributed by atoms with Crippen molar-refractivity contribution in [1.29, 1.82) is 0 Å². The van der Waals surface area contributed by atoms with Crippen LogP contribution in [0.1, 0.15) is 26.2 Å². The molecule has 130 valence electrons. The maximum Gasteiger partial charge on any atom is 0.241 e. The van der Waals surface area contributed by atoms with E-state index in [1.54, 1.807) is 0 Å². The van der Waals surface area contributed by atoms with Crippen LogP contribution >= 0.6 is 0 Å². The minimum absolute atomic E-state index is 0.0192. The lowest BCUT2D eigenvalue weighted by atomic mass is 10.0. The highest BCUT2D eigenvalue weighted by Gasteiger charge is 2.27. The molecule has 6 heteroatoms. The van der Waals surface area contributed by atoms with Crippen molar-refractivity contribution in [3.63, 3.8) is 0 Å². The van der Waals surface area contributed by atoms with Crippen molar-refractivity contribution in [2.75, 3.05) is 42.9 Å². The minimum atomic E-state index is -0.0192. The number of carbonyl (C=O) groups excluding carboxylic acids is 2. The molecule has 0 saturated carbocycles. The second-order valence-electron chi connectivity index (χ2n) is 6.45. The van der Waals surface area contributed by atoms with E-state index >= 15 is 0 Å². The van der Waals surface area contributed by atoms with Crippen LogP contribution in [0.4, 0.5) is 11.4 Å². The van der Waals surface area contributed by atoms with Crippen LogP contribution in [0.25, 0.3) is 0 Å². The molecule has 6 nitrogen and oxygen atoms in total. The molecule has 2 aliphatic heterocycles. The Labute approximate surface area is 143 Å². The number of likely N-dealkylation sites (N-methyl/N-ethyl adjacent to an activating group) is 1. The van der Waals surface area contributed by atoms with Crippen molar-refractivity contribution in [2.45, 2.75) is 32.2 Å². The Morgan fingerprint density at radius 1 is 1.25 bits per heavy atom. The number of piperazine rings is 1. The number of anilines is 2. The van der Waals surface area contributed by atoms with Gasteiger partial charge in [0.15, 0.2) is 0 Å². The van der Waals surface area contributed by atoms with E-state index in [-0.39, 0.29) is 17.9 Å². The molecular formula is C18H26N4O2. The minimum Gasteiger partial charge on any atom is -0.360 e. The second kappa shape index (κ2) is 7.66. The number of benzene rings is 1. The molecular weight excluding hydrogens is 304 g/mol. The molecule has 1 aromatic rings. The lowest BCUT2D eigenvalue weighted by Crippen LogP contribution is -2.47. The summed E-state index contributed by atoms with van der Waals surface area (Å²) in [5.74, 6) is 0.136. The zero-order valence-electron chi connectivity index (χ0n) is 14.3. The second-order valence-corrected chi connectivity index (χ2v) is 6.45. The number of amides is 2. The largest absolute Gasteiger partial charge is 0.360 e. The van der Waals surface area contributed by atoms with Crippen molar-refractivity contribution in [3.8, 4) is 0 Å². The summed E-state index contributed by atoms with van der Waals surface area (Å²) in [6.07, 6.45) is 3.22. The van der Waals surface area contributed by atoms with E-state index in [2.05, 4.69) is 22.5 Å². The molecule has 1 aromatic carbocycles. The number of piperidine rings is 1. The molecule has 2 N–H and O–H groups in total. The van der Waals surface area contributed by atoms with Gasteiger partial charge in [-0.25, -0.2) is 0 Å². The van der Waals surface area contributed by atoms with Crippen molar-refractivity contribution in [3.05, 3.63) is 24.3 Å². The number of nitrogens with one attached hydrogen (secondary N) is 2. The van der Waals surface area contributed by atoms with Gasteiger partial charge < -0.3 is 15.5 Å². The third-order valence-electron chi connectivity index (χ3n) is 4.86. The zero-order chi connectivity index (χ0) is 16.9. The van der Waals surface area contributed by atoms with E-state index in [0.717, 1.165) is 43.9 Å². The van der Waals surface area contributed by atoms with Crippen LogP contribution < -0.4 is 15.5 Å². The number of hydrogen-bond donors (Lipinski definition) is 2. The molecule has 0 aliphatic carbocycles. The molecule has 0 bridgehead atoms. The van der Waals surface area contributed by atoms with E-state index in [1.807, 2.05) is 29.2 Å². The highest BCUT2D eigenvalue weighted by Crippen LogP contribution is 2.21. The van der Waals surface area contributed by atoms with E-state index < -0.39 is 0 Å². The summed E-state index contributed by atoms with van der Waals surface area (Å²) in [6.45, 7) is 5.89. The van der Waals surface area contributed by atoms with Gasteiger partial charge in [-0.1, -0.05) is 13.3 Å². The molecule has 0 radical (unpaired) electrons. The molecule has 2 amide bonds. The standard InChI is InChI=1S/C18H26N4O2/c1-2-21-11-4-3-5-16(21)18(24)20-14-6-8-15(9-7-14)22-12-10-19-17(23)13-22/h6-9,16H,2-5,10-13H2,1H3,(H,19,23)(H,20,24)/t16-/m0/s1. The van der Waals surface area contributed by atoms with Gasteiger partial charge in [0.2, 0.25) is 11.8 Å². The first-order chi connectivity index (χ1) is 11.7. The van der Waals surface area contributed by atoms with Crippen molar-refractivity contribution >= 4 is 23.2 Å². The smallest absolute Gasteiger partial charge is 0.241 e. The summed E-state index contributed by atoms with van der Waals surface area (Å²) in [4.78, 5) is 28.3. The summed E-state index contributed by atoms with van der Waals surface area (Å²) in [7, 11) is 0. The molecule has 1 atom stereocenters. The van der Waals surface area contributed by atoms with Crippen LogP contribution in [0, 0.1) is 0 Å². The first-order valence-electron chi connectivity index (χ1n) is 8.84. The van der Waals surface area contributed by atoms with Gasteiger partial charge in [-0.2, -0.15) is 0 Å². The van der Waals surface area contributed by atoms with E-state index in [9.17, 15) is 9.59 Å². The fraction of sp³-hybridized carbons (Fsp3) is 0.556. The average molecular weight is 330 g/mol. The lowest BCUT2D eigenvalue weighted by molar-refractivity contribution is -0.122. The summed E-state index contributed by atoms with van der Waals surface area (Å²) in [5, 5.41) is 5.86. The number of carbonyl (C=O) groups is 2. The normalized spacial score (nSPS) is 22.1. The van der Waals surface area contributed by atoms with Gasteiger partial charge in [0.05, 0.1) is 12.6 Å². The maximum absolute atomic E-state index is 12.6. The first-order valence-corrected chi connectivity index (χ1v) is 8.84. The Hall–Kier alpha value is -2.08. The molecule has 2 aliphatic rings. The van der Waals surface area contributed by atoms with E-state index in [0.29, 0.717) is 13.1 Å². The maximum atomic E-state index is 12.6. The van der Waals surface area contributed by atoms with Crippen LogP contribution in [0.2, 0.25) is 0 Å². The Bertz CT molecular complexity index is 587. The Kier molecular flexibility index (Phi) is 5.35. The summed E-state index contributed by atoms with van der Waals surface area (Å²) in [6, 6.07) is 7.74. The van der Waals surface area contributed by atoms with Gasteiger partial charge in [0, 0.05) is 24.5 Å². The third-order valence-corrected chi connectivity index (χ3v) is 4.86. The van der Waals surface area contributed by atoms with Crippen LogP contribution in [0.5, 0.6) is 0 Å². The average Bonchev–Trinajstić information content (AvgIpc) is 2.62. The highest BCUT2D eigenvalue weighted by molar-refractivity contribution is 5.95. The first kappa shape index (κ1) is 16.8. The monoisotopic (exact) mass is 330 g/mol. The number of likely N-dealkylation sites (tertiary alicyclic amines) is 1. The Morgan fingerprint density at radius 3 is 2.75 bits per heavy atom. The predicted molar refractivity (Wildman–Crippen MR) is 95.2 cm³/mol. The third kappa shape index (κ3) is 3.87. The molecule has 24 heavy (non-hydrogen) atoms. The number of hydrogen-bond acceptors (Lipinski definition) is 4. The quantitative estimate of drug-likeness (QED) is 0.877. The molecule has 0 aromatic heterocycles. The van der Waals surface area contributed by atoms with Crippen molar-refractivity contribution in [1.82, 2.24) is 10.2 Å². The molecule has 2 fully saturated rings. The molecule has 0 spiro atoms. The summed E-state index contributed by atoms with van der Waals surface area (Å²) in [5.41, 5.74) is 1.82. The summed E-state index contributed by atoms with van der Waals surface area (Å²) < 4.78 is 0. The van der Waals surface area contributed by atoms with Crippen LogP contribution in [-0.2, 0) is 9.59 Å². The molecule has 2 saturated heterocycles. The van der Waals surface area contributed by atoms with Crippen LogP contribution in [0.3, 0.4) is 0 Å². The predicted octanol–water partition coefficient (Wildman–Crippen LogP) is 1.44. The molecule has 0 unspecified atom stereocenters. The van der Waals surface area contributed by atoms with E-state index in [4.69, 9.17) is 0 Å². The Morgan fingerprint density at radius 2 is 2.04 bits per heavy atom. The van der Waals surface area contributed by atoms with Gasteiger partial charge in [-0.05, 0) is 50.2 Å². The van der Waals surface area contributed by atoms with Gasteiger partial charge in [0.25, 0.3) is 0 Å². The highest BCUT2D eigenvalue weighted by atomic mass is 16.2. The lowest BCUT2D eigenvalue weighted by Gasteiger charge is -2.33. The van der Waals surface area contributed by atoms with E-state index in [1.165, 1.54) is 6.42 Å². The molecule has 3 rings (SSSR count). The Balaban J connectivity index is 1.61. The fourth-order valence-corrected chi connectivity index (χ4v) is 3.51. The number of nitrogens with zero attached hydrogens (tertiary/aromatic N) is 2. The molecule has 2 heterocycles. The fourth-order valence-electron chi connectivity index (χ4n) is 3.51. The van der Waals surface area contributed by atoms with Crippen molar-refractivity contribution in [2.24, 2.45) is 0 Å². The topological polar surface area (TPSA) is 64.7 Å². The summed E-state index contributed by atoms with van der Waals surface area (Å²) >= 11 is 0. The number of rotatable bonds is 4. The van der Waals surface area contributed by atoms with Crippen molar-refractivity contribution < 1.29 is 9.59 Å². The van der Waals surface area contributed by atoms with Gasteiger partial charge >= 0.3 is 0 Å². The SMILES string of the molecule is CCN1CCCC[C@H]1C(=O)Nc1ccc(N2CCNC(=O)C2)cc1.